The van der Waals surface area contributed by atoms with Crippen molar-refractivity contribution in [2.75, 3.05) is 13.1 Å². The van der Waals surface area contributed by atoms with E-state index in [0.29, 0.717) is 35.9 Å². The quantitative estimate of drug-likeness (QED) is 0.922. The van der Waals surface area contributed by atoms with Crippen LogP contribution < -0.4 is 0 Å². The molecule has 1 amide bonds. The number of aliphatic carboxylic acids is 1. The maximum atomic E-state index is 12.4. The normalized spacial score (nSPS) is 18.2. The number of carbonyl (C=O) groups is 2. The van der Waals surface area contributed by atoms with E-state index in [2.05, 4.69) is 15.0 Å². The SMILES string of the molecule is O=C(O)[C@@H]1CCCN(C(=O)c2csc(-c3ncccn3)n2)C1. The third kappa shape index (κ3) is 2.96. The van der Waals surface area contributed by atoms with Crippen LogP contribution in [-0.2, 0) is 4.79 Å². The Labute approximate surface area is 130 Å². The smallest absolute Gasteiger partial charge is 0.308 e. The molecule has 0 radical (unpaired) electrons. The van der Waals surface area contributed by atoms with Gasteiger partial charge in [0.15, 0.2) is 10.8 Å². The molecule has 7 nitrogen and oxygen atoms in total. The van der Waals surface area contributed by atoms with E-state index in [4.69, 9.17) is 5.11 Å². The first kappa shape index (κ1) is 14.6. The first-order valence-electron chi connectivity index (χ1n) is 6.90. The van der Waals surface area contributed by atoms with Gasteiger partial charge in [-0.05, 0) is 18.9 Å². The van der Waals surface area contributed by atoms with Gasteiger partial charge in [0.05, 0.1) is 5.92 Å². The lowest BCUT2D eigenvalue weighted by Crippen LogP contribution is -2.42. The molecule has 1 aliphatic heterocycles. The standard InChI is InChI=1S/C14H14N4O3S/c19-13(18-6-1-3-9(7-18)14(20)21)10-8-22-12(17-10)11-15-4-2-5-16-11/h2,4-5,8-9H,1,3,6-7H2,(H,20,21)/t9-/m1/s1. The molecule has 22 heavy (non-hydrogen) atoms. The number of carbonyl (C=O) groups excluding carboxylic acids is 1. The lowest BCUT2D eigenvalue weighted by atomic mass is 9.98. The Morgan fingerprint density at radius 2 is 2.09 bits per heavy atom. The van der Waals surface area contributed by atoms with E-state index in [-0.39, 0.29) is 12.5 Å². The van der Waals surface area contributed by atoms with Crippen LogP contribution in [0.5, 0.6) is 0 Å². The first-order valence-corrected chi connectivity index (χ1v) is 7.78. The van der Waals surface area contributed by atoms with Gasteiger partial charge < -0.3 is 10.0 Å². The molecule has 1 saturated heterocycles. The molecule has 3 rings (SSSR count). The average molecular weight is 318 g/mol. The fraction of sp³-hybridized carbons (Fsp3) is 0.357. The second kappa shape index (κ2) is 6.18. The second-order valence-electron chi connectivity index (χ2n) is 5.04. The van der Waals surface area contributed by atoms with Gasteiger partial charge in [0.2, 0.25) is 0 Å². The molecule has 2 aromatic heterocycles. The Hall–Kier alpha value is -2.35. The zero-order valence-corrected chi connectivity index (χ0v) is 12.5. The molecule has 8 heteroatoms. The number of likely N-dealkylation sites (tertiary alicyclic amines) is 1. The molecule has 0 spiro atoms. The van der Waals surface area contributed by atoms with Crippen LogP contribution in [0.2, 0.25) is 0 Å². The van der Waals surface area contributed by atoms with Crippen LogP contribution >= 0.6 is 11.3 Å². The van der Waals surface area contributed by atoms with Gasteiger partial charge in [-0.25, -0.2) is 15.0 Å². The van der Waals surface area contributed by atoms with Crippen LogP contribution in [0, 0.1) is 5.92 Å². The number of hydrogen-bond donors (Lipinski definition) is 1. The summed E-state index contributed by atoms with van der Waals surface area (Å²) in [6, 6.07) is 1.71. The van der Waals surface area contributed by atoms with E-state index in [1.807, 2.05) is 0 Å². The Balaban J connectivity index is 1.76. The molecule has 2 aromatic rings. The number of carboxylic acids is 1. The maximum absolute atomic E-state index is 12.4. The number of hydrogen-bond acceptors (Lipinski definition) is 6. The van der Waals surface area contributed by atoms with Crippen molar-refractivity contribution in [2.24, 2.45) is 5.92 Å². The van der Waals surface area contributed by atoms with E-state index in [1.54, 1.807) is 28.7 Å². The highest BCUT2D eigenvalue weighted by atomic mass is 32.1. The number of thiazole rings is 1. The molecule has 114 valence electrons. The average Bonchev–Trinajstić information content (AvgIpc) is 3.05. The van der Waals surface area contributed by atoms with Gasteiger partial charge in [0.25, 0.3) is 5.91 Å². The minimum atomic E-state index is -0.853. The first-order chi connectivity index (χ1) is 10.6. The Morgan fingerprint density at radius 3 is 2.82 bits per heavy atom. The van der Waals surface area contributed by atoms with Crippen LogP contribution in [0.4, 0.5) is 0 Å². The number of nitrogens with zero attached hydrogens (tertiary/aromatic N) is 4. The number of carboxylic acid groups (broad SMARTS) is 1. The van der Waals surface area contributed by atoms with Crippen molar-refractivity contribution in [1.82, 2.24) is 19.9 Å². The van der Waals surface area contributed by atoms with Gasteiger partial charge >= 0.3 is 5.97 Å². The fourth-order valence-electron chi connectivity index (χ4n) is 2.41. The van der Waals surface area contributed by atoms with E-state index >= 15 is 0 Å². The van der Waals surface area contributed by atoms with E-state index in [1.165, 1.54) is 11.3 Å². The minimum Gasteiger partial charge on any atom is -0.481 e. The highest BCUT2D eigenvalue weighted by molar-refractivity contribution is 7.13. The van der Waals surface area contributed by atoms with E-state index in [9.17, 15) is 9.59 Å². The Bertz CT molecular complexity index is 688. The summed E-state index contributed by atoms with van der Waals surface area (Å²) in [5.74, 6) is -1.10. The van der Waals surface area contributed by atoms with Crippen molar-refractivity contribution in [3.8, 4) is 10.8 Å². The molecule has 1 aliphatic rings. The van der Waals surface area contributed by atoms with Crippen molar-refractivity contribution in [1.29, 1.82) is 0 Å². The number of aromatic nitrogens is 3. The summed E-state index contributed by atoms with van der Waals surface area (Å²) in [7, 11) is 0. The van der Waals surface area contributed by atoms with Crippen LogP contribution in [0.3, 0.4) is 0 Å². The van der Waals surface area contributed by atoms with Crippen LogP contribution in [-0.4, -0.2) is 49.9 Å². The van der Waals surface area contributed by atoms with E-state index < -0.39 is 11.9 Å². The minimum absolute atomic E-state index is 0.232. The summed E-state index contributed by atoms with van der Waals surface area (Å²) in [6.45, 7) is 0.806. The predicted octanol–water partition coefficient (Wildman–Crippen LogP) is 1.54. The summed E-state index contributed by atoms with van der Waals surface area (Å²) in [5.41, 5.74) is 0.318. The van der Waals surface area contributed by atoms with Crippen LogP contribution in [0.15, 0.2) is 23.8 Å². The maximum Gasteiger partial charge on any atom is 0.308 e. The topological polar surface area (TPSA) is 96.3 Å². The Kier molecular flexibility index (Phi) is 4.10. The molecule has 0 unspecified atom stereocenters. The van der Waals surface area contributed by atoms with Crippen molar-refractivity contribution in [3.63, 3.8) is 0 Å². The highest BCUT2D eigenvalue weighted by Crippen LogP contribution is 2.23. The fourth-order valence-corrected chi connectivity index (χ4v) is 3.15. The van der Waals surface area contributed by atoms with Crippen molar-refractivity contribution < 1.29 is 14.7 Å². The summed E-state index contributed by atoms with van der Waals surface area (Å²) in [4.78, 5) is 37.6. The second-order valence-corrected chi connectivity index (χ2v) is 5.90. The summed E-state index contributed by atoms with van der Waals surface area (Å²) < 4.78 is 0. The van der Waals surface area contributed by atoms with Crippen molar-refractivity contribution in [2.45, 2.75) is 12.8 Å². The molecular formula is C14H14N4O3S. The lowest BCUT2D eigenvalue weighted by molar-refractivity contribution is -0.143. The Morgan fingerprint density at radius 1 is 1.32 bits per heavy atom. The predicted molar refractivity (Wildman–Crippen MR) is 79.4 cm³/mol. The van der Waals surface area contributed by atoms with Gasteiger partial charge in [0.1, 0.15) is 5.69 Å². The zero-order valence-electron chi connectivity index (χ0n) is 11.7. The summed E-state index contributed by atoms with van der Waals surface area (Å²) >= 11 is 1.30. The molecular weight excluding hydrogens is 304 g/mol. The molecule has 0 aromatic carbocycles. The van der Waals surface area contributed by atoms with Gasteiger partial charge in [-0.2, -0.15) is 0 Å². The summed E-state index contributed by atoms with van der Waals surface area (Å²) in [6.07, 6.45) is 4.54. The number of piperidine rings is 1. The number of rotatable bonds is 3. The zero-order chi connectivity index (χ0) is 15.5. The third-order valence-electron chi connectivity index (χ3n) is 3.54. The molecule has 0 bridgehead atoms. The molecule has 1 N–H and O–H groups in total. The van der Waals surface area contributed by atoms with Crippen LogP contribution in [0.1, 0.15) is 23.3 Å². The van der Waals surface area contributed by atoms with E-state index in [0.717, 1.165) is 0 Å². The highest BCUT2D eigenvalue weighted by Gasteiger charge is 2.29. The lowest BCUT2D eigenvalue weighted by Gasteiger charge is -2.30. The molecule has 0 aliphatic carbocycles. The summed E-state index contributed by atoms with van der Waals surface area (Å²) in [5, 5.41) is 11.3. The molecule has 0 saturated carbocycles. The van der Waals surface area contributed by atoms with Crippen molar-refractivity contribution >= 4 is 23.2 Å². The monoisotopic (exact) mass is 318 g/mol. The van der Waals surface area contributed by atoms with Gasteiger partial charge in [-0.1, -0.05) is 0 Å². The van der Waals surface area contributed by atoms with Gasteiger partial charge in [-0.15, -0.1) is 11.3 Å². The number of amides is 1. The van der Waals surface area contributed by atoms with Crippen LogP contribution in [0.25, 0.3) is 10.8 Å². The largest absolute Gasteiger partial charge is 0.481 e. The van der Waals surface area contributed by atoms with Gasteiger partial charge in [0, 0.05) is 30.9 Å². The molecule has 1 atom stereocenters. The molecule has 3 heterocycles. The van der Waals surface area contributed by atoms with Crippen molar-refractivity contribution in [3.05, 3.63) is 29.5 Å². The molecule has 1 fully saturated rings. The van der Waals surface area contributed by atoms with Gasteiger partial charge in [-0.3, -0.25) is 9.59 Å². The third-order valence-corrected chi connectivity index (χ3v) is 4.38.